The van der Waals surface area contributed by atoms with E-state index in [1.165, 1.54) is 103 Å². The topological polar surface area (TPSA) is 3.24 Å². The van der Waals surface area contributed by atoms with Gasteiger partial charge in [0, 0.05) is 22.4 Å². The Morgan fingerprint density at radius 3 is 1.62 bits per heavy atom. The van der Waals surface area contributed by atoms with Gasteiger partial charge in [-0.2, -0.15) is 0 Å². The van der Waals surface area contributed by atoms with Gasteiger partial charge in [0.2, 0.25) is 0 Å². The van der Waals surface area contributed by atoms with Crippen LogP contribution in [0.4, 0.5) is 17.1 Å². The molecule has 8 aromatic carbocycles. The van der Waals surface area contributed by atoms with Gasteiger partial charge < -0.3 is 4.90 Å². The number of rotatable bonds is 7. The summed E-state index contributed by atoms with van der Waals surface area (Å²) in [5.74, 6) is 2.37. The largest absolute Gasteiger partial charge is 0.310 e. The van der Waals surface area contributed by atoms with E-state index in [-0.39, 0.29) is 5.41 Å². The maximum atomic E-state index is 2.58. The minimum atomic E-state index is -0.0107. The molecule has 56 heavy (non-hydrogen) atoms. The Bertz CT molecular complexity index is 2730. The first-order valence-corrected chi connectivity index (χ1v) is 20.5. The summed E-state index contributed by atoms with van der Waals surface area (Å²) in [5.41, 5.74) is 16.8. The quantitative estimate of drug-likeness (QED) is 0.159. The van der Waals surface area contributed by atoms with Crippen LogP contribution in [0.1, 0.15) is 43.7 Å². The molecule has 0 heterocycles. The third-order valence-electron chi connectivity index (χ3n) is 13.8. The number of hydrogen-bond donors (Lipinski definition) is 0. The summed E-state index contributed by atoms with van der Waals surface area (Å²) in [7, 11) is 0. The van der Waals surface area contributed by atoms with Crippen LogP contribution in [0.15, 0.2) is 188 Å². The van der Waals surface area contributed by atoms with Gasteiger partial charge in [0.25, 0.3) is 0 Å². The molecule has 1 nitrogen and oxygen atoms in total. The first-order chi connectivity index (χ1) is 27.6. The molecule has 3 aliphatic carbocycles. The van der Waals surface area contributed by atoms with Gasteiger partial charge in [0.05, 0.1) is 5.69 Å². The van der Waals surface area contributed by atoms with Crippen molar-refractivity contribution in [1.82, 2.24) is 0 Å². The molecule has 0 saturated heterocycles. The maximum Gasteiger partial charge on any atom is 0.0540 e. The Hall–Kier alpha value is -6.18. The standard InChI is InChI=1S/C55H45N/c1-55(52-35-37-24-25-41(52)34-37)51-22-12-10-21-49(51)50-31-30-43(36-53(50)55)56(54-23-13-11-18-46(54)39-16-6-3-7-17-39)42-28-26-40(27-29-42)45-33-32-44(38-14-4-2-5-15-38)47-19-8-9-20-48(45)47/h2-23,26-33,36-37,41,52H,24-25,34-35H2,1H3/t37-,41+,52+,55?/m0/s1. The molecule has 0 amide bonds. The highest BCUT2D eigenvalue weighted by atomic mass is 15.1. The molecule has 0 spiro atoms. The Balaban J connectivity index is 1.07. The van der Waals surface area contributed by atoms with Crippen LogP contribution < -0.4 is 4.90 Å². The zero-order valence-electron chi connectivity index (χ0n) is 31.9. The maximum absolute atomic E-state index is 2.58. The fourth-order valence-corrected chi connectivity index (χ4v) is 11.2. The molecular formula is C55H45N. The molecule has 11 rings (SSSR count). The molecule has 3 aliphatic rings. The Kier molecular flexibility index (Phi) is 7.85. The van der Waals surface area contributed by atoms with Crippen molar-refractivity contribution in [2.45, 2.75) is 38.0 Å². The SMILES string of the molecule is CC1([C@@H]2C[C@H]3CC[C@@H]2C3)c2ccccc2-c2ccc(N(c3ccc(-c4ccc(-c5ccccc5)c5ccccc45)cc3)c3ccccc3-c3ccccc3)cc21. The first kappa shape index (κ1) is 33.2. The molecule has 1 heteroatoms. The van der Waals surface area contributed by atoms with Crippen molar-refractivity contribution >= 4 is 27.8 Å². The second-order valence-electron chi connectivity index (χ2n) is 16.6. The number of fused-ring (bicyclic) bond motifs is 6. The van der Waals surface area contributed by atoms with E-state index in [0.29, 0.717) is 5.92 Å². The highest BCUT2D eigenvalue weighted by Gasteiger charge is 2.53. The van der Waals surface area contributed by atoms with Crippen molar-refractivity contribution < 1.29 is 0 Å². The van der Waals surface area contributed by atoms with Crippen LogP contribution in [0.3, 0.4) is 0 Å². The highest BCUT2D eigenvalue weighted by Crippen LogP contribution is 2.62. The normalized spacial score (nSPS) is 20.6. The third-order valence-corrected chi connectivity index (χ3v) is 13.8. The van der Waals surface area contributed by atoms with Crippen LogP contribution in [0, 0.1) is 17.8 Å². The second-order valence-corrected chi connectivity index (χ2v) is 16.6. The Morgan fingerprint density at radius 2 is 0.964 bits per heavy atom. The second kappa shape index (κ2) is 13.2. The van der Waals surface area contributed by atoms with E-state index in [2.05, 4.69) is 200 Å². The van der Waals surface area contributed by atoms with Crippen molar-refractivity contribution in [3.63, 3.8) is 0 Å². The van der Waals surface area contributed by atoms with E-state index in [0.717, 1.165) is 17.5 Å². The molecule has 2 fully saturated rings. The van der Waals surface area contributed by atoms with Gasteiger partial charge in [0.15, 0.2) is 0 Å². The van der Waals surface area contributed by atoms with Crippen LogP contribution in [-0.4, -0.2) is 0 Å². The van der Waals surface area contributed by atoms with Gasteiger partial charge in [-0.3, -0.25) is 0 Å². The summed E-state index contributed by atoms with van der Waals surface area (Å²) in [6, 6.07) is 69.9. The molecule has 2 bridgehead atoms. The zero-order valence-corrected chi connectivity index (χ0v) is 31.9. The van der Waals surface area contributed by atoms with E-state index in [1.54, 1.807) is 0 Å². The van der Waals surface area contributed by atoms with Crippen molar-refractivity contribution in [2.75, 3.05) is 4.90 Å². The number of hydrogen-bond acceptors (Lipinski definition) is 1. The smallest absolute Gasteiger partial charge is 0.0540 e. The zero-order chi connectivity index (χ0) is 37.2. The van der Waals surface area contributed by atoms with Gasteiger partial charge >= 0.3 is 0 Å². The van der Waals surface area contributed by atoms with E-state index >= 15 is 0 Å². The minimum absolute atomic E-state index is 0.0107. The van der Waals surface area contributed by atoms with E-state index in [9.17, 15) is 0 Å². The molecular weight excluding hydrogens is 675 g/mol. The van der Waals surface area contributed by atoms with Gasteiger partial charge in [-0.15, -0.1) is 0 Å². The molecule has 2 saturated carbocycles. The minimum Gasteiger partial charge on any atom is -0.310 e. The first-order valence-electron chi connectivity index (χ1n) is 20.5. The van der Waals surface area contributed by atoms with Gasteiger partial charge in [-0.1, -0.05) is 171 Å². The lowest BCUT2D eigenvalue weighted by atomic mass is 9.64. The summed E-state index contributed by atoms with van der Waals surface area (Å²) >= 11 is 0. The average molecular weight is 720 g/mol. The van der Waals surface area contributed by atoms with Gasteiger partial charge in [-0.05, 0) is 128 Å². The molecule has 270 valence electrons. The van der Waals surface area contributed by atoms with Gasteiger partial charge in [-0.25, -0.2) is 0 Å². The van der Waals surface area contributed by atoms with Gasteiger partial charge in [0.1, 0.15) is 0 Å². The molecule has 0 N–H and O–H groups in total. The van der Waals surface area contributed by atoms with Crippen LogP contribution in [0.25, 0.3) is 55.3 Å². The van der Waals surface area contributed by atoms with Crippen LogP contribution in [0.2, 0.25) is 0 Å². The number of para-hydroxylation sites is 1. The monoisotopic (exact) mass is 719 g/mol. The van der Waals surface area contributed by atoms with Crippen molar-refractivity contribution in [3.8, 4) is 44.5 Å². The molecule has 4 atom stereocenters. The molecule has 0 aliphatic heterocycles. The molecule has 8 aromatic rings. The van der Waals surface area contributed by atoms with Crippen molar-refractivity contribution in [3.05, 3.63) is 199 Å². The fourth-order valence-electron chi connectivity index (χ4n) is 11.2. The van der Waals surface area contributed by atoms with Crippen LogP contribution in [0.5, 0.6) is 0 Å². The van der Waals surface area contributed by atoms with Crippen LogP contribution >= 0.6 is 0 Å². The summed E-state index contributed by atoms with van der Waals surface area (Å²) in [6.45, 7) is 2.58. The lowest BCUT2D eigenvalue weighted by Gasteiger charge is -2.40. The molecule has 0 radical (unpaired) electrons. The summed E-state index contributed by atoms with van der Waals surface area (Å²) in [5, 5.41) is 2.54. The Morgan fingerprint density at radius 1 is 0.429 bits per heavy atom. The predicted molar refractivity (Wildman–Crippen MR) is 236 cm³/mol. The Labute approximate surface area is 330 Å². The molecule has 0 aromatic heterocycles. The van der Waals surface area contributed by atoms with E-state index in [1.807, 2.05) is 0 Å². The number of benzene rings is 8. The predicted octanol–water partition coefficient (Wildman–Crippen LogP) is 15.0. The van der Waals surface area contributed by atoms with E-state index in [4.69, 9.17) is 0 Å². The summed E-state index contributed by atoms with van der Waals surface area (Å²) in [6.07, 6.45) is 5.56. The average Bonchev–Trinajstić information content (AvgIpc) is 3.98. The fraction of sp³-hybridized carbons (Fsp3) is 0.164. The lowest BCUT2D eigenvalue weighted by molar-refractivity contribution is 0.236. The van der Waals surface area contributed by atoms with E-state index < -0.39 is 0 Å². The third kappa shape index (κ3) is 5.21. The summed E-state index contributed by atoms with van der Waals surface area (Å²) < 4.78 is 0. The number of nitrogens with zero attached hydrogens (tertiary/aromatic N) is 1. The lowest BCUT2D eigenvalue weighted by Crippen LogP contribution is -2.35. The molecule has 1 unspecified atom stereocenters. The highest BCUT2D eigenvalue weighted by molar-refractivity contribution is 6.05. The number of anilines is 3. The van der Waals surface area contributed by atoms with Crippen molar-refractivity contribution in [2.24, 2.45) is 17.8 Å². The van der Waals surface area contributed by atoms with Crippen LogP contribution in [-0.2, 0) is 5.41 Å². The summed E-state index contributed by atoms with van der Waals surface area (Å²) in [4.78, 5) is 2.51. The van der Waals surface area contributed by atoms with Crippen molar-refractivity contribution in [1.29, 1.82) is 0 Å².